The van der Waals surface area contributed by atoms with Crippen LogP contribution in [0.15, 0.2) is 5.16 Å². The Bertz CT molecular complexity index is 357. The third-order valence-electron chi connectivity index (χ3n) is 0.930. The molecule has 1 rings (SSSR count). The van der Waals surface area contributed by atoms with Crippen molar-refractivity contribution >= 4 is 21.8 Å². The average Bonchev–Trinajstić information content (AvgIpc) is 2.31. The Balaban J connectivity index is 2.89. The van der Waals surface area contributed by atoms with Gasteiger partial charge in [0.25, 0.3) is 0 Å². The molecule has 1 heterocycles. The number of thioether (sulfide) groups is 1. The van der Waals surface area contributed by atoms with Crippen molar-refractivity contribution in [2.45, 2.75) is 11.0 Å². The molecule has 1 radical (unpaired) electrons. The van der Waals surface area contributed by atoms with Crippen molar-refractivity contribution < 1.29 is 8.42 Å². The summed E-state index contributed by atoms with van der Waals surface area (Å²) in [5, 5.41) is 15.3. The van der Waals surface area contributed by atoms with Crippen LogP contribution in [-0.4, -0.2) is 28.6 Å². The van der Waals surface area contributed by atoms with Gasteiger partial charge in [-0.3, -0.25) is 0 Å². The van der Waals surface area contributed by atoms with E-state index in [4.69, 9.17) is 5.14 Å². The summed E-state index contributed by atoms with van der Waals surface area (Å²) in [6.07, 6.45) is 3.44. The standard InChI is InChI=1S/C3H6N5O2S2/c1-11-3-5-6-7-8(3)2-12(4,9)10/h1-2H2,(H2,4,9,10). The summed E-state index contributed by atoms with van der Waals surface area (Å²) in [4.78, 5) is 0. The van der Waals surface area contributed by atoms with Gasteiger partial charge < -0.3 is 0 Å². The first-order valence-corrected chi connectivity index (χ1v) is 5.41. The van der Waals surface area contributed by atoms with Crippen molar-refractivity contribution in [1.29, 1.82) is 0 Å². The van der Waals surface area contributed by atoms with Crippen molar-refractivity contribution in [3.05, 3.63) is 6.26 Å². The monoisotopic (exact) mass is 208 g/mol. The molecule has 7 nitrogen and oxygen atoms in total. The molecule has 0 aliphatic heterocycles. The van der Waals surface area contributed by atoms with Crippen molar-refractivity contribution in [3.8, 4) is 0 Å². The third kappa shape index (κ3) is 2.43. The molecule has 0 aliphatic carbocycles. The predicted octanol–water partition coefficient (Wildman–Crippen LogP) is -1.20. The molecule has 1 aromatic heterocycles. The number of aromatic nitrogens is 4. The fraction of sp³-hybridized carbons (Fsp3) is 0.333. The molecule has 0 atom stereocenters. The van der Waals surface area contributed by atoms with Gasteiger partial charge in [0.05, 0.1) is 0 Å². The van der Waals surface area contributed by atoms with Crippen LogP contribution in [0, 0.1) is 6.26 Å². The summed E-state index contributed by atoms with van der Waals surface area (Å²) in [6.45, 7) is 0. The summed E-state index contributed by atoms with van der Waals surface area (Å²) in [7, 11) is -3.60. The molecule has 1 aromatic rings. The zero-order valence-electron chi connectivity index (χ0n) is 5.91. The highest BCUT2D eigenvalue weighted by Crippen LogP contribution is 2.10. The van der Waals surface area contributed by atoms with Crippen LogP contribution in [0.4, 0.5) is 0 Å². The lowest BCUT2D eigenvalue weighted by Crippen LogP contribution is -2.20. The second kappa shape index (κ2) is 3.37. The Hall–Kier alpha value is -0.670. The predicted molar refractivity (Wildman–Crippen MR) is 42.1 cm³/mol. The van der Waals surface area contributed by atoms with E-state index in [0.717, 1.165) is 16.4 Å². The highest BCUT2D eigenvalue weighted by atomic mass is 32.2. The van der Waals surface area contributed by atoms with Gasteiger partial charge in [-0.25, -0.2) is 18.2 Å². The molecule has 0 unspecified atom stereocenters. The third-order valence-corrected chi connectivity index (χ3v) is 2.09. The topological polar surface area (TPSA) is 104 Å². The summed E-state index contributed by atoms with van der Waals surface area (Å²) < 4.78 is 22.3. The van der Waals surface area contributed by atoms with Crippen LogP contribution in [0.2, 0.25) is 0 Å². The Morgan fingerprint density at radius 3 is 2.83 bits per heavy atom. The van der Waals surface area contributed by atoms with Gasteiger partial charge in [0.2, 0.25) is 15.2 Å². The van der Waals surface area contributed by atoms with E-state index in [1.54, 1.807) is 0 Å². The molecule has 0 amide bonds. The molecule has 0 saturated carbocycles. The Morgan fingerprint density at radius 2 is 2.33 bits per heavy atom. The number of hydrogen-bond acceptors (Lipinski definition) is 6. The minimum absolute atomic E-state index is 0.309. The largest absolute Gasteiger partial charge is 0.229 e. The van der Waals surface area contributed by atoms with Gasteiger partial charge >= 0.3 is 0 Å². The molecule has 2 N–H and O–H groups in total. The summed E-state index contributed by atoms with van der Waals surface area (Å²) in [5.74, 6) is -0.433. The van der Waals surface area contributed by atoms with Crippen molar-refractivity contribution in [2.75, 3.05) is 0 Å². The molecular weight excluding hydrogens is 202 g/mol. The van der Waals surface area contributed by atoms with Gasteiger partial charge in [-0.15, -0.1) is 5.10 Å². The van der Waals surface area contributed by atoms with E-state index in [1.807, 2.05) is 0 Å². The van der Waals surface area contributed by atoms with Crippen LogP contribution < -0.4 is 5.14 Å². The Kier molecular flexibility index (Phi) is 2.65. The Labute approximate surface area is 73.4 Å². The maximum Gasteiger partial charge on any atom is 0.229 e. The lowest BCUT2D eigenvalue weighted by Gasteiger charge is -1.98. The Morgan fingerprint density at radius 1 is 1.67 bits per heavy atom. The molecule has 12 heavy (non-hydrogen) atoms. The van der Waals surface area contributed by atoms with Gasteiger partial charge in [0.15, 0.2) is 5.88 Å². The van der Waals surface area contributed by atoms with Crippen molar-refractivity contribution in [3.63, 3.8) is 0 Å². The molecule has 67 valence electrons. The number of sulfonamides is 1. The van der Waals surface area contributed by atoms with E-state index in [2.05, 4.69) is 21.8 Å². The fourth-order valence-corrected chi connectivity index (χ4v) is 1.49. The van der Waals surface area contributed by atoms with Crippen LogP contribution >= 0.6 is 11.8 Å². The second-order valence-corrected chi connectivity index (χ2v) is 4.14. The number of nitrogens with two attached hydrogens (primary N) is 1. The zero-order valence-corrected chi connectivity index (χ0v) is 7.55. The SMILES string of the molecule is [CH2]Sc1nnnn1CS(N)(=O)=O. The number of hydrogen-bond donors (Lipinski definition) is 1. The number of nitrogens with zero attached hydrogens (tertiary/aromatic N) is 4. The number of rotatable bonds is 3. The molecule has 0 saturated heterocycles. The fourth-order valence-electron chi connectivity index (χ4n) is 0.551. The number of tetrazole rings is 1. The van der Waals surface area contributed by atoms with E-state index in [-0.39, 0.29) is 0 Å². The lowest BCUT2D eigenvalue weighted by molar-refractivity contribution is 0.561. The van der Waals surface area contributed by atoms with Gasteiger partial charge in [0.1, 0.15) is 0 Å². The van der Waals surface area contributed by atoms with Crippen LogP contribution in [0.25, 0.3) is 0 Å². The van der Waals surface area contributed by atoms with Crippen molar-refractivity contribution in [2.24, 2.45) is 5.14 Å². The molecule has 0 aliphatic rings. The first-order chi connectivity index (χ1) is 5.53. The van der Waals surface area contributed by atoms with Gasteiger partial charge in [-0.1, -0.05) is 11.8 Å². The van der Waals surface area contributed by atoms with Crippen LogP contribution in [0.3, 0.4) is 0 Å². The normalized spacial score (nSPS) is 11.8. The maximum absolute atomic E-state index is 10.6. The van der Waals surface area contributed by atoms with E-state index in [9.17, 15) is 8.42 Å². The lowest BCUT2D eigenvalue weighted by atomic mass is 11.2. The van der Waals surface area contributed by atoms with E-state index >= 15 is 0 Å². The highest BCUT2D eigenvalue weighted by Gasteiger charge is 2.10. The molecule has 0 spiro atoms. The van der Waals surface area contributed by atoms with Gasteiger partial charge in [0, 0.05) is 6.26 Å². The molecule has 9 heteroatoms. The van der Waals surface area contributed by atoms with Gasteiger partial charge in [-0.2, -0.15) is 0 Å². The first kappa shape index (κ1) is 9.42. The average molecular weight is 208 g/mol. The highest BCUT2D eigenvalue weighted by molar-refractivity contribution is 8.00. The summed E-state index contributed by atoms with van der Waals surface area (Å²) in [5.41, 5.74) is 0. The van der Waals surface area contributed by atoms with Crippen LogP contribution in [0.5, 0.6) is 0 Å². The smallest absolute Gasteiger partial charge is 0.227 e. The van der Waals surface area contributed by atoms with E-state index in [0.29, 0.717) is 5.16 Å². The summed E-state index contributed by atoms with van der Waals surface area (Å²) >= 11 is 1.000. The van der Waals surface area contributed by atoms with E-state index < -0.39 is 15.9 Å². The first-order valence-electron chi connectivity index (χ1n) is 2.71. The quantitative estimate of drug-likeness (QED) is 0.626. The van der Waals surface area contributed by atoms with Gasteiger partial charge in [-0.05, 0) is 10.4 Å². The molecule has 0 aromatic carbocycles. The zero-order chi connectivity index (χ0) is 9.19. The number of primary sulfonamides is 1. The second-order valence-electron chi connectivity index (χ2n) is 1.90. The van der Waals surface area contributed by atoms with Crippen molar-refractivity contribution in [1.82, 2.24) is 20.2 Å². The maximum atomic E-state index is 10.6. The molecular formula is C3H6N5O2S2. The molecule has 0 bridgehead atoms. The molecule has 0 fully saturated rings. The van der Waals surface area contributed by atoms with Crippen LogP contribution in [0.1, 0.15) is 0 Å². The minimum atomic E-state index is -3.60. The minimum Gasteiger partial charge on any atom is -0.227 e. The summed E-state index contributed by atoms with van der Waals surface area (Å²) in [6, 6.07) is 0. The van der Waals surface area contributed by atoms with E-state index in [1.165, 1.54) is 0 Å². The van der Waals surface area contributed by atoms with Crippen LogP contribution in [-0.2, 0) is 15.9 Å².